The molecule has 7 heteroatoms. The van der Waals surface area contributed by atoms with Gasteiger partial charge in [-0.05, 0) is 39.5 Å². The maximum atomic E-state index is 12.4. The normalized spacial score (nSPS) is 12.3. The molecule has 0 spiro atoms. The molecule has 0 atom stereocenters. The van der Waals surface area contributed by atoms with Gasteiger partial charge in [-0.25, -0.2) is 8.42 Å². The third-order valence-corrected chi connectivity index (χ3v) is 4.55. The predicted octanol–water partition coefficient (Wildman–Crippen LogP) is 3.49. The van der Waals surface area contributed by atoms with Crippen molar-refractivity contribution in [2.75, 3.05) is 13.6 Å². The largest absolute Gasteiger partial charge is 0.341 e. The van der Waals surface area contributed by atoms with Gasteiger partial charge in [-0.15, -0.1) is 0 Å². The summed E-state index contributed by atoms with van der Waals surface area (Å²) in [6.07, 6.45) is 0. The van der Waals surface area contributed by atoms with Gasteiger partial charge in [-0.1, -0.05) is 20.8 Å². The second kappa shape index (κ2) is 6.03. The zero-order valence-electron chi connectivity index (χ0n) is 11.8. The minimum absolute atomic E-state index is 0.0486. The number of rotatable bonds is 3. The molecule has 20 heavy (non-hydrogen) atoms. The van der Waals surface area contributed by atoms with Gasteiger partial charge in [0.1, 0.15) is 0 Å². The maximum absolute atomic E-state index is 12.4. The van der Waals surface area contributed by atoms with Crippen molar-refractivity contribution in [2.45, 2.75) is 25.7 Å². The summed E-state index contributed by atoms with van der Waals surface area (Å²) in [4.78, 5) is 13.9. The van der Waals surface area contributed by atoms with Crippen LogP contribution in [0.2, 0.25) is 0 Å². The van der Waals surface area contributed by atoms with Crippen LogP contribution >= 0.6 is 26.6 Å². The lowest BCUT2D eigenvalue weighted by Gasteiger charge is -2.27. The first-order valence-electron chi connectivity index (χ1n) is 5.91. The highest BCUT2D eigenvalue weighted by Crippen LogP contribution is 2.25. The molecule has 0 aliphatic heterocycles. The summed E-state index contributed by atoms with van der Waals surface area (Å²) in [6.45, 7) is 6.61. The van der Waals surface area contributed by atoms with Crippen LogP contribution in [0.4, 0.5) is 0 Å². The van der Waals surface area contributed by atoms with Crippen molar-refractivity contribution in [3.63, 3.8) is 0 Å². The second-order valence-corrected chi connectivity index (χ2v) is 9.22. The zero-order valence-corrected chi connectivity index (χ0v) is 14.9. The molecule has 1 aromatic rings. The maximum Gasteiger partial charge on any atom is 0.261 e. The van der Waals surface area contributed by atoms with Gasteiger partial charge >= 0.3 is 0 Å². The molecule has 1 amide bonds. The van der Waals surface area contributed by atoms with Crippen LogP contribution in [0.5, 0.6) is 0 Å². The van der Waals surface area contributed by atoms with Gasteiger partial charge < -0.3 is 4.90 Å². The van der Waals surface area contributed by atoms with E-state index in [0.29, 0.717) is 11.0 Å². The zero-order chi connectivity index (χ0) is 15.7. The quantitative estimate of drug-likeness (QED) is 0.752. The summed E-state index contributed by atoms with van der Waals surface area (Å²) in [5, 5.41) is 0. The molecule has 4 nitrogen and oxygen atoms in total. The van der Waals surface area contributed by atoms with Crippen molar-refractivity contribution in [3.05, 3.63) is 28.2 Å². The van der Waals surface area contributed by atoms with Gasteiger partial charge in [-0.2, -0.15) is 0 Å². The molecular formula is C13H17BrClNO3S. The molecule has 0 fully saturated rings. The van der Waals surface area contributed by atoms with Crippen LogP contribution in [0, 0.1) is 5.41 Å². The molecule has 0 aliphatic carbocycles. The Kier molecular flexibility index (Phi) is 5.27. The molecule has 0 N–H and O–H groups in total. The third kappa shape index (κ3) is 4.75. The number of benzene rings is 1. The van der Waals surface area contributed by atoms with E-state index in [1.54, 1.807) is 11.9 Å². The van der Waals surface area contributed by atoms with Gasteiger partial charge in [-0.3, -0.25) is 4.79 Å². The molecule has 112 valence electrons. The highest BCUT2D eigenvalue weighted by molar-refractivity contribution is 9.10. The SMILES string of the molecule is CN(CC(C)(C)C)C(=O)c1cc(S(=O)(=O)Cl)ccc1Br. The summed E-state index contributed by atoms with van der Waals surface area (Å²) < 4.78 is 23.2. The van der Waals surface area contributed by atoms with E-state index in [1.165, 1.54) is 18.2 Å². The van der Waals surface area contributed by atoms with Crippen molar-refractivity contribution >= 4 is 41.6 Å². The molecule has 0 aliphatic rings. The molecule has 1 aromatic carbocycles. The van der Waals surface area contributed by atoms with E-state index in [-0.39, 0.29) is 21.8 Å². The van der Waals surface area contributed by atoms with Crippen molar-refractivity contribution in [2.24, 2.45) is 5.41 Å². The number of nitrogens with zero attached hydrogens (tertiary/aromatic N) is 1. The van der Waals surface area contributed by atoms with Crippen LogP contribution in [0.15, 0.2) is 27.6 Å². The average molecular weight is 383 g/mol. The first-order valence-corrected chi connectivity index (χ1v) is 9.02. The van der Waals surface area contributed by atoms with Crippen molar-refractivity contribution in [1.29, 1.82) is 0 Å². The molecule has 0 heterocycles. The van der Waals surface area contributed by atoms with Crippen molar-refractivity contribution in [3.8, 4) is 0 Å². The number of halogens is 2. The van der Waals surface area contributed by atoms with Crippen LogP contribution in [-0.2, 0) is 9.05 Å². The molecule has 1 rings (SSSR count). The van der Waals surface area contributed by atoms with E-state index < -0.39 is 9.05 Å². The minimum atomic E-state index is -3.86. The van der Waals surface area contributed by atoms with Gasteiger partial charge in [0.15, 0.2) is 0 Å². The first kappa shape index (κ1) is 17.5. The molecule has 0 radical (unpaired) electrons. The first-order chi connectivity index (χ1) is 8.92. The lowest BCUT2D eigenvalue weighted by atomic mass is 9.96. The summed E-state index contributed by atoms with van der Waals surface area (Å²) in [6, 6.07) is 4.15. The van der Waals surface area contributed by atoms with E-state index in [4.69, 9.17) is 10.7 Å². The Balaban J connectivity index is 3.16. The molecule has 0 saturated heterocycles. The lowest BCUT2D eigenvalue weighted by Crippen LogP contribution is -2.34. The second-order valence-electron chi connectivity index (χ2n) is 5.80. The Hall–Kier alpha value is -0.590. The number of hydrogen-bond acceptors (Lipinski definition) is 3. The number of carbonyl (C=O) groups excluding carboxylic acids is 1. The van der Waals surface area contributed by atoms with Crippen molar-refractivity contribution in [1.82, 2.24) is 4.90 Å². The van der Waals surface area contributed by atoms with Crippen LogP contribution < -0.4 is 0 Å². The van der Waals surface area contributed by atoms with Crippen LogP contribution in [0.1, 0.15) is 31.1 Å². The number of hydrogen-bond donors (Lipinski definition) is 0. The smallest absolute Gasteiger partial charge is 0.261 e. The van der Waals surface area contributed by atoms with Gasteiger partial charge in [0, 0.05) is 28.7 Å². The summed E-state index contributed by atoms with van der Waals surface area (Å²) >= 11 is 3.26. The molecular weight excluding hydrogens is 366 g/mol. The van der Waals surface area contributed by atoms with E-state index >= 15 is 0 Å². The Labute approximate surface area is 132 Å². The standard InChI is InChI=1S/C13H17BrClNO3S/c1-13(2,3)8-16(4)12(17)10-7-9(20(15,18)19)5-6-11(10)14/h5-7H,8H2,1-4H3. The van der Waals surface area contributed by atoms with Crippen LogP contribution in [-0.4, -0.2) is 32.8 Å². The Morgan fingerprint density at radius 3 is 2.35 bits per heavy atom. The Bertz CT molecular complexity index is 623. The third-order valence-electron chi connectivity index (χ3n) is 2.51. The van der Waals surface area contributed by atoms with E-state index in [2.05, 4.69) is 15.9 Å². The van der Waals surface area contributed by atoms with Gasteiger partial charge in [0.25, 0.3) is 15.0 Å². The fraction of sp³-hybridized carbons (Fsp3) is 0.462. The number of carbonyl (C=O) groups is 1. The Morgan fingerprint density at radius 1 is 1.35 bits per heavy atom. The Morgan fingerprint density at radius 2 is 1.90 bits per heavy atom. The summed E-state index contributed by atoms with van der Waals surface area (Å²) in [7, 11) is 3.13. The average Bonchev–Trinajstić information content (AvgIpc) is 2.24. The fourth-order valence-electron chi connectivity index (χ4n) is 1.81. The topological polar surface area (TPSA) is 54.5 Å². The lowest BCUT2D eigenvalue weighted by molar-refractivity contribution is 0.0744. The monoisotopic (exact) mass is 381 g/mol. The molecule has 0 saturated carbocycles. The number of amides is 1. The van der Waals surface area contributed by atoms with E-state index in [1.807, 2.05) is 20.8 Å². The molecule has 0 bridgehead atoms. The van der Waals surface area contributed by atoms with Crippen LogP contribution in [0.25, 0.3) is 0 Å². The summed E-state index contributed by atoms with van der Waals surface area (Å²) in [5.74, 6) is -0.256. The molecule has 0 unspecified atom stereocenters. The van der Waals surface area contributed by atoms with Gasteiger partial charge in [0.2, 0.25) is 0 Å². The summed E-state index contributed by atoms with van der Waals surface area (Å²) in [5.41, 5.74) is 0.228. The van der Waals surface area contributed by atoms with Crippen molar-refractivity contribution < 1.29 is 13.2 Å². The minimum Gasteiger partial charge on any atom is -0.341 e. The van der Waals surface area contributed by atoms with Gasteiger partial charge in [0.05, 0.1) is 10.5 Å². The van der Waals surface area contributed by atoms with E-state index in [9.17, 15) is 13.2 Å². The highest BCUT2D eigenvalue weighted by Gasteiger charge is 2.22. The fourth-order valence-corrected chi connectivity index (χ4v) is 3.00. The predicted molar refractivity (Wildman–Crippen MR) is 83.6 cm³/mol. The highest BCUT2D eigenvalue weighted by atomic mass is 79.9. The molecule has 0 aromatic heterocycles. The van der Waals surface area contributed by atoms with Crippen LogP contribution in [0.3, 0.4) is 0 Å². The van der Waals surface area contributed by atoms with E-state index in [0.717, 1.165) is 0 Å².